The van der Waals surface area contributed by atoms with Crippen molar-refractivity contribution < 1.29 is 14.6 Å². The number of methoxy groups -OCH3 is 1. The molecule has 0 aromatic heterocycles. The number of carbonyl (C=O) groups is 1. The van der Waals surface area contributed by atoms with Gasteiger partial charge in [0.05, 0.1) is 11.6 Å². The Kier molecular flexibility index (Phi) is 3.98. The third kappa shape index (κ3) is 2.69. The highest BCUT2D eigenvalue weighted by molar-refractivity contribution is 9.10. The fraction of sp³-hybridized carbons (Fsp3) is 0.550. The van der Waals surface area contributed by atoms with Gasteiger partial charge in [0.1, 0.15) is 0 Å². The van der Waals surface area contributed by atoms with Crippen molar-refractivity contribution in [3.05, 3.63) is 28.2 Å². The number of phenolic OH excluding ortho intramolecular Hbond substituents is 1. The lowest BCUT2D eigenvalue weighted by atomic mass is 9.48. The van der Waals surface area contributed by atoms with E-state index in [0.717, 1.165) is 42.6 Å². The molecule has 0 atom stereocenters. The van der Waals surface area contributed by atoms with Gasteiger partial charge < -0.3 is 9.84 Å². The van der Waals surface area contributed by atoms with E-state index in [9.17, 15) is 9.90 Å². The molecule has 4 aliphatic carbocycles. The van der Waals surface area contributed by atoms with E-state index >= 15 is 0 Å². The van der Waals surface area contributed by atoms with Gasteiger partial charge in [0.2, 0.25) is 0 Å². The lowest BCUT2D eigenvalue weighted by Gasteiger charge is -2.55. The minimum Gasteiger partial charge on any atom is -0.503 e. The number of carbonyl (C=O) groups excluding carboxylic acids is 1. The number of hydrogen-bond donors (Lipinski definition) is 1. The van der Waals surface area contributed by atoms with Crippen molar-refractivity contribution in [2.75, 3.05) is 7.11 Å². The maximum atomic E-state index is 13.0. The average Bonchev–Trinajstić information content (AvgIpc) is 2.54. The minimum absolute atomic E-state index is 0.0852. The van der Waals surface area contributed by atoms with Crippen molar-refractivity contribution in [2.24, 2.45) is 23.2 Å². The Morgan fingerprint density at radius 2 is 1.79 bits per heavy atom. The van der Waals surface area contributed by atoms with E-state index in [1.165, 1.54) is 26.4 Å². The Balaban J connectivity index is 1.56. The molecule has 4 aliphatic rings. The zero-order chi connectivity index (χ0) is 16.9. The number of aromatic hydroxyl groups is 1. The molecule has 1 N–H and O–H groups in total. The first kappa shape index (κ1) is 16.2. The normalized spacial score (nSPS) is 34.0. The molecule has 5 rings (SSSR count). The van der Waals surface area contributed by atoms with Crippen LogP contribution in [-0.2, 0) is 4.79 Å². The molecule has 0 spiro atoms. The van der Waals surface area contributed by atoms with Gasteiger partial charge in [-0.1, -0.05) is 6.08 Å². The molecule has 0 amide bonds. The molecule has 0 saturated heterocycles. The van der Waals surface area contributed by atoms with Gasteiger partial charge in [0.15, 0.2) is 17.3 Å². The lowest BCUT2D eigenvalue weighted by molar-refractivity contribution is -0.138. The van der Waals surface area contributed by atoms with Gasteiger partial charge in [-0.15, -0.1) is 0 Å². The number of ketones is 1. The summed E-state index contributed by atoms with van der Waals surface area (Å²) in [5.74, 6) is 3.11. The second kappa shape index (κ2) is 5.91. The van der Waals surface area contributed by atoms with Crippen LogP contribution in [0.3, 0.4) is 0 Å². The van der Waals surface area contributed by atoms with Gasteiger partial charge in [0, 0.05) is 5.41 Å². The molecule has 0 aliphatic heterocycles. The van der Waals surface area contributed by atoms with Crippen molar-refractivity contribution in [3.63, 3.8) is 0 Å². The molecule has 0 heterocycles. The first-order valence-corrected chi connectivity index (χ1v) is 9.57. The smallest absolute Gasteiger partial charge is 0.172 e. The zero-order valence-corrected chi connectivity index (χ0v) is 15.5. The van der Waals surface area contributed by atoms with Crippen molar-refractivity contribution in [1.82, 2.24) is 0 Å². The average molecular weight is 391 g/mol. The summed E-state index contributed by atoms with van der Waals surface area (Å²) in [5, 5.41) is 9.89. The van der Waals surface area contributed by atoms with Crippen LogP contribution in [0.15, 0.2) is 22.7 Å². The second-order valence-corrected chi connectivity index (χ2v) is 8.80. The van der Waals surface area contributed by atoms with Crippen LogP contribution in [0.5, 0.6) is 11.5 Å². The molecule has 4 saturated carbocycles. The summed E-state index contributed by atoms with van der Waals surface area (Å²) >= 11 is 3.33. The van der Waals surface area contributed by atoms with Crippen LogP contribution in [0.1, 0.15) is 44.1 Å². The number of rotatable bonds is 4. The summed E-state index contributed by atoms with van der Waals surface area (Å²) in [6.45, 7) is 0. The molecule has 4 fully saturated rings. The quantitative estimate of drug-likeness (QED) is 0.738. The molecule has 4 heteroatoms. The number of benzene rings is 1. The molecule has 128 valence electrons. The number of hydrogen-bond acceptors (Lipinski definition) is 3. The number of allylic oxidation sites excluding steroid dienone is 1. The molecule has 0 unspecified atom stereocenters. The molecule has 1 aromatic rings. The molecular weight excluding hydrogens is 368 g/mol. The van der Waals surface area contributed by atoms with Gasteiger partial charge in [-0.05, 0) is 96.0 Å². The van der Waals surface area contributed by atoms with Crippen molar-refractivity contribution in [3.8, 4) is 11.5 Å². The van der Waals surface area contributed by atoms with Gasteiger partial charge >= 0.3 is 0 Å². The largest absolute Gasteiger partial charge is 0.503 e. The summed E-state index contributed by atoms with van der Waals surface area (Å²) in [7, 11) is 1.52. The first-order valence-electron chi connectivity index (χ1n) is 8.78. The van der Waals surface area contributed by atoms with E-state index in [4.69, 9.17) is 4.74 Å². The van der Waals surface area contributed by atoms with Crippen LogP contribution >= 0.6 is 15.9 Å². The summed E-state index contributed by atoms with van der Waals surface area (Å²) in [5.41, 5.74) is 0.762. The van der Waals surface area contributed by atoms with Crippen LogP contribution in [-0.4, -0.2) is 18.0 Å². The number of ether oxygens (including phenoxy) is 1. The zero-order valence-electron chi connectivity index (χ0n) is 13.9. The fourth-order valence-electron chi connectivity index (χ4n) is 5.61. The number of halogens is 1. The van der Waals surface area contributed by atoms with Crippen LogP contribution in [0.2, 0.25) is 0 Å². The Morgan fingerprint density at radius 3 is 2.33 bits per heavy atom. The standard InChI is InChI=1S/C20H23BrO3/c1-24-17-8-12(7-16(21)19(17)23)2-3-18(22)20-9-13-4-14(10-20)6-15(5-13)11-20/h2-3,7-8,13-15,23H,4-6,9-11H2,1H3. The molecule has 3 nitrogen and oxygen atoms in total. The molecule has 0 radical (unpaired) electrons. The first-order chi connectivity index (χ1) is 11.5. The Hall–Kier alpha value is -1.29. The van der Waals surface area contributed by atoms with Crippen LogP contribution in [0, 0.1) is 23.2 Å². The molecule has 24 heavy (non-hydrogen) atoms. The van der Waals surface area contributed by atoms with E-state index in [1.54, 1.807) is 18.2 Å². The monoisotopic (exact) mass is 390 g/mol. The third-order valence-corrected chi connectivity index (χ3v) is 6.86. The summed E-state index contributed by atoms with van der Waals surface area (Å²) in [6.07, 6.45) is 10.9. The fourth-order valence-corrected chi connectivity index (χ4v) is 6.07. The minimum atomic E-state index is -0.0938. The Morgan fingerprint density at radius 1 is 1.21 bits per heavy atom. The van der Waals surface area contributed by atoms with Gasteiger partial charge in [-0.25, -0.2) is 0 Å². The predicted molar refractivity (Wildman–Crippen MR) is 97.0 cm³/mol. The van der Waals surface area contributed by atoms with E-state index in [1.807, 2.05) is 6.08 Å². The number of phenols is 1. The van der Waals surface area contributed by atoms with Gasteiger partial charge in [0.25, 0.3) is 0 Å². The lowest BCUT2D eigenvalue weighted by Crippen LogP contribution is -2.49. The maximum Gasteiger partial charge on any atom is 0.172 e. The van der Waals surface area contributed by atoms with Gasteiger partial charge in [-0.3, -0.25) is 4.79 Å². The highest BCUT2D eigenvalue weighted by atomic mass is 79.9. The van der Waals surface area contributed by atoms with Crippen molar-refractivity contribution in [2.45, 2.75) is 38.5 Å². The van der Waals surface area contributed by atoms with E-state index < -0.39 is 0 Å². The topological polar surface area (TPSA) is 46.5 Å². The predicted octanol–water partition coefficient (Wildman–Crippen LogP) is 4.96. The van der Waals surface area contributed by atoms with Crippen LogP contribution < -0.4 is 4.74 Å². The van der Waals surface area contributed by atoms with Gasteiger partial charge in [-0.2, -0.15) is 0 Å². The summed E-state index contributed by atoms with van der Waals surface area (Å²) in [6, 6.07) is 3.56. The summed E-state index contributed by atoms with van der Waals surface area (Å²) < 4.78 is 5.75. The maximum absolute atomic E-state index is 13.0. The molecular formula is C20H23BrO3. The summed E-state index contributed by atoms with van der Waals surface area (Å²) in [4.78, 5) is 13.0. The highest BCUT2D eigenvalue weighted by Crippen LogP contribution is 2.60. The van der Waals surface area contributed by atoms with Crippen LogP contribution in [0.25, 0.3) is 6.08 Å². The third-order valence-electron chi connectivity index (χ3n) is 6.26. The van der Waals surface area contributed by atoms with Crippen molar-refractivity contribution in [1.29, 1.82) is 0 Å². The highest BCUT2D eigenvalue weighted by Gasteiger charge is 2.53. The van der Waals surface area contributed by atoms with E-state index in [2.05, 4.69) is 15.9 Å². The van der Waals surface area contributed by atoms with Crippen molar-refractivity contribution >= 4 is 27.8 Å². The Bertz CT molecular complexity index is 672. The second-order valence-electron chi connectivity index (χ2n) is 7.95. The van der Waals surface area contributed by atoms with E-state index in [-0.39, 0.29) is 11.2 Å². The van der Waals surface area contributed by atoms with E-state index in [0.29, 0.717) is 16.0 Å². The molecule has 1 aromatic carbocycles. The molecule has 4 bridgehead atoms. The van der Waals surface area contributed by atoms with Crippen LogP contribution in [0.4, 0.5) is 0 Å². The SMILES string of the molecule is COc1cc(C=CC(=O)C23CC4CC(CC(C4)C2)C3)cc(Br)c1O. The Labute approximate surface area is 151 Å².